The molecule has 3 saturated heterocycles. The first kappa shape index (κ1) is 29.9. The lowest BCUT2D eigenvalue weighted by Gasteiger charge is -2.58. The van der Waals surface area contributed by atoms with Crippen molar-refractivity contribution in [2.24, 2.45) is 11.8 Å². The van der Waals surface area contributed by atoms with Crippen LogP contribution in [-0.2, 0) is 17.9 Å². The van der Waals surface area contributed by atoms with Crippen molar-refractivity contribution in [3.05, 3.63) is 151 Å². The number of hydrogen-bond donors (Lipinski definition) is 0. The number of hydrogen-bond acceptors (Lipinski definition) is 2. The van der Waals surface area contributed by atoms with E-state index in [9.17, 15) is 0 Å². The zero-order chi connectivity index (χ0) is 29.5. The van der Waals surface area contributed by atoms with Gasteiger partial charge in [-0.25, -0.2) is 0 Å². The summed E-state index contributed by atoms with van der Waals surface area (Å²) in [6.07, 6.45) is 6.54. The molecule has 1 unspecified atom stereocenters. The number of piperidine rings is 3. The van der Waals surface area contributed by atoms with Crippen LogP contribution in [0.3, 0.4) is 0 Å². The first-order valence-corrected chi connectivity index (χ1v) is 16.1. The number of rotatable bonds is 8. The van der Waals surface area contributed by atoms with Crippen LogP contribution < -0.4 is 17.0 Å². The molecular weight excluding hydrogens is 616 g/mol. The molecule has 1 aromatic heterocycles. The zero-order valence-electron chi connectivity index (χ0n) is 25.6. The second-order valence-electron chi connectivity index (χ2n) is 13.0. The van der Waals surface area contributed by atoms with E-state index < -0.39 is 0 Å². The average Bonchev–Trinajstić information content (AvgIpc) is 3.08. The van der Waals surface area contributed by atoms with Gasteiger partial charge in [-0.1, -0.05) is 97.1 Å². The third kappa shape index (κ3) is 5.61. The van der Waals surface area contributed by atoms with Crippen molar-refractivity contribution in [2.75, 3.05) is 13.1 Å². The monoisotopic (exact) mass is 654 g/mol. The third-order valence-corrected chi connectivity index (χ3v) is 10.6. The fraction of sp³-hybridized carbons (Fsp3) is 0.244. The van der Waals surface area contributed by atoms with Gasteiger partial charge >= 0.3 is 0 Å². The Morgan fingerprint density at radius 2 is 1.47 bits per heavy atom. The molecule has 3 aliphatic rings. The van der Waals surface area contributed by atoms with E-state index in [0.29, 0.717) is 24.5 Å². The van der Waals surface area contributed by atoms with E-state index in [4.69, 9.17) is 9.72 Å². The van der Waals surface area contributed by atoms with Crippen LogP contribution in [0, 0.1) is 11.8 Å². The molecule has 2 bridgehead atoms. The molecule has 0 aliphatic carbocycles. The Morgan fingerprint density at radius 3 is 2.22 bits per heavy atom. The molecule has 9 rings (SSSR count). The molecule has 0 saturated carbocycles. The first-order chi connectivity index (χ1) is 21.7. The topological polar surface area (TPSA) is 22.1 Å². The smallest absolute Gasteiger partial charge is 0.135 e. The Balaban J connectivity index is 0.00000325. The Hall–Kier alpha value is -3.83. The van der Waals surface area contributed by atoms with Gasteiger partial charge in [-0.2, -0.15) is 0 Å². The van der Waals surface area contributed by atoms with E-state index in [2.05, 4.69) is 128 Å². The minimum atomic E-state index is -0.0524. The quantitative estimate of drug-likeness (QED) is 0.140. The molecule has 3 aliphatic heterocycles. The number of pyridine rings is 1. The summed E-state index contributed by atoms with van der Waals surface area (Å²) < 4.78 is 8.23. The fourth-order valence-corrected chi connectivity index (χ4v) is 8.35. The van der Waals surface area contributed by atoms with Gasteiger partial charge in [0.25, 0.3) is 0 Å². The van der Waals surface area contributed by atoms with E-state index in [1.807, 2.05) is 6.20 Å². The van der Waals surface area contributed by atoms with Crippen molar-refractivity contribution in [2.45, 2.75) is 38.1 Å². The molecule has 45 heavy (non-hydrogen) atoms. The maximum absolute atomic E-state index is 7.20. The maximum Gasteiger partial charge on any atom is 0.135 e. The van der Waals surface area contributed by atoms with Gasteiger partial charge in [0, 0.05) is 35.9 Å². The van der Waals surface area contributed by atoms with Crippen molar-refractivity contribution in [1.29, 1.82) is 0 Å². The zero-order valence-corrected chi connectivity index (χ0v) is 27.2. The molecule has 0 N–H and O–H groups in total. The standard InChI is InChI=1S/C41H39N2O.BrH/c1-2-31-27-43(26-29-15-17-32-9-3-5-11-34(32)23-29)22-20-36(31)25-40(43)41(38-19-21-42-39-14-8-7-13-37(38)39)44-28-30-16-18-33-10-4-6-12-35(33)24-30;/h2-19,21,23-24,31,36,40-41H,1,20,22,25-28H2;1H/q+1;/p-1/t31-,36-,40-,41+,43?;/m0./s1. The van der Waals surface area contributed by atoms with Crippen LogP contribution in [0.5, 0.6) is 0 Å². The van der Waals surface area contributed by atoms with E-state index in [-0.39, 0.29) is 23.1 Å². The molecule has 5 atom stereocenters. The SMILES string of the molecule is C=C[C@H]1C[N+]2(Cc3ccc4ccccc4c3)CC[C@H]1C[C@H]2[C@H](OCc1ccc2ccccc2c1)c1ccnc2ccccc12.[Br-]. The Bertz CT molecular complexity index is 1980. The van der Waals surface area contributed by atoms with Gasteiger partial charge in [0.2, 0.25) is 0 Å². The normalized spacial score (nSPS) is 23.2. The molecule has 0 spiro atoms. The number of quaternary nitrogens is 1. The van der Waals surface area contributed by atoms with Crippen molar-refractivity contribution >= 4 is 32.4 Å². The number of halogens is 1. The third-order valence-electron chi connectivity index (χ3n) is 10.6. The van der Waals surface area contributed by atoms with Gasteiger partial charge in [-0.05, 0) is 62.9 Å². The summed E-state index contributed by atoms with van der Waals surface area (Å²) in [5.41, 5.74) is 4.92. The highest BCUT2D eigenvalue weighted by molar-refractivity contribution is 5.84. The van der Waals surface area contributed by atoms with Crippen molar-refractivity contribution < 1.29 is 26.2 Å². The minimum absolute atomic E-state index is 0. The molecule has 5 aromatic carbocycles. The molecule has 226 valence electrons. The summed E-state index contributed by atoms with van der Waals surface area (Å²) in [5, 5.41) is 6.34. The Labute approximate surface area is 276 Å². The van der Waals surface area contributed by atoms with Crippen LogP contribution in [0.1, 0.15) is 35.6 Å². The lowest BCUT2D eigenvalue weighted by Crippen LogP contribution is -3.00. The highest BCUT2D eigenvalue weighted by atomic mass is 79.9. The summed E-state index contributed by atoms with van der Waals surface area (Å²) in [6, 6.07) is 42.2. The first-order valence-electron chi connectivity index (χ1n) is 16.1. The van der Waals surface area contributed by atoms with Crippen LogP contribution in [-0.4, -0.2) is 28.6 Å². The largest absolute Gasteiger partial charge is 1.00 e. The van der Waals surface area contributed by atoms with Crippen molar-refractivity contribution in [3.8, 4) is 0 Å². The highest BCUT2D eigenvalue weighted by Gasteiger charge is 2.54. The Kier molecular flexibility index (Phi) is 8.31. The Morgan fingerprint density at radius 1 is 0.800 bits per heavy atom. The van der Waals surface area contributed by atoms with E-state index in [1.54, 1.807) is 0 Å². The number of ether oxygens (including phenoxy) is 1. The number of aromatic nitrogens is 1. The second kappa shape index (κ2) is 12.5. The van der Waals surface area contributed by atoms with E-state index in [0.717, 1.165) is 29.5 Å². The average molecular weight is 656 g/mol. The summed E-state index contributed by atoms with van der Waals surface area (Å²) in [6.45, 7) is 8.17. The van der Waals surface area contributed by atoms with Crippen LogP contribution in [0.15, 0.2) is 134 Å². The molecule has 4 heteroatoms. The van der Waals surface area contributed by atoms with E-state index >= 15 is 0 Å². The number of para-hydroxylation sites is 1. The fourth-order valence-electron chi connectivity index (χ4n) is 8.35. The van der Waals surface area contributed by atoms with Crippen molar-refractivity contribution in [3.63, 3.8) is 0 Å². The molecule has 3 nitrogen and oxygen atoms in total. The lowest BCUT2D eigenvalue weighted by atomic mass is 9.71. The molecule has 0 amide bonds. The number of benzene rings is 5. The molecule has 6 aromatic rings. The summed E-state index contributed by atoms with van der Waals surface area (Å²) in [7, 11) is 0. The van der Waals surface area contributed by atoms with Crippen LogP contribution >= 0.6 is 0 Å². The second-order valence-corrected chi connectivity index (χ2v) is 13.0. The van der Waals surface area contributed by atoms with Gasteiger partial charge in [0.05, 0.1) is 25.2 Å². The van der Waals surface area contributed by atoms with Gasteiger partial charge in [0.15, 0.2) is 0 Å². The summed E-state index contributed by atoms with van der Waals surface area (Å²) in [4.78, 5) is 4.74. The minimum Gasteiger partial charge on any atom is -1.00 e. The van der Waals surface area contributed by atoms with Crippen LogP contribution in [0.2, 0.25) is 0 Å². The number of fused-ring (bicyclic) bond motifs is 6. The van der Waals surface area contributed by atoms with Gasteiger partial charge in [-0.3, -0.25) is 4.98 Å². The molecule has 0 radical (unpaired) electrons. The predicted molar refractivity (Wildman–Crippen MR) is 181 cm³/mol. The summed E-state index contributed by atoms with van der Waals surface area (Å²) >= 11 is 0. The van der Waals surface area contributed by atoms with Crippen LogP contribution in [0.25, 0.3) is 32.4 Å². The van der Waals surface area contributed by atoms with Gasteiger partial charge in [-0.15, -0.1) is 6.58 Å². The number of nitrogens with zero attached hydrogens (tertiary/aromatic N) is 2. The van der Waals surface area contributed by atoms with Gasteiger partial charge < -0.3 is 26.2 Å². The summed E-state index contributed by atoms with van der Waals surface area (Å²) in [5.74, 6) is 1.18. The highest BCUT2D eigenvalue weighted by Crippen LogP contribution is 2.49. The molecule has 3 fully saturated rings. The molecular formula is C41H39BrN2O. The maximum atomic E-state index is 7.20. The van der Waals surface area contributed by atoms with Crippen LogP contribution in [0.4, 0.5) is 0 Å². The molecule has 4 heterocycles. The van der Waals surface area contributed by atoms with E-state index in [1.165, 1.54) is 56.6 Å². The van der Waals surface area contributed by atoms with Crippen molar-refractivity contribution in [1.82, 2.24) is 4.98 Å². The predicted octanol–water partition coefficient (Wildman–Crippen LogP) is 6.41. The lowest BCUT2D eigenvalue weighted by molar-refractivity contribution is -0.985. The van der Waals surface area contributed by atoms with Gasteiger partial charge in [0.1, 0.15) is 18.7 Å².